The average molecular weight is 229 g/mol. The quantitative estimate of drug-likeness (QED) is 0.342. The Bertz CT molecular complexity index is 118. The van der Waals surface area contributed by atoms with E-state index in [2.05, 4.69) is 0 Å². The molecule has 4 N–H and O–H groups in total. The number of aliphatic hydroxyl groups is 4. The van der Waals surface area contributed by atoms with E-state index in [-0.39, 0.29) is 0 Å². The van der Waals surface area contributed by atoms with Gasteiger partial charge in [-0.3, -0.25) is 0 Å². The molecular weight excluding hydrogens is 212 g/mol. The summed E-state index contributed by atoms with van der Waals surface area (Å²) < 4.78 is 4.73. The lowest BCUT2D eigenvalue weighted by Crippen LogP contribution is -2.37. The SMILES string of the molecule is ClCC1CO1.OCC(CO)(CO)CO. The molecule has 14 heavy (non-hydrogen) atoms. The molecular formula is C8H17ClO5. The zero-order valence-corrected chi connectivity index (χ0v) is 8.65. The summed E-state index contributed by atoms with van der Waals surface area (Å²) in [5.41, 5.74) is -1.11. The van der Waals surface area contributed by atoms with Crippen molar-refractivity contribution in [2.45, 2.75) is 6.10 Å². The fraction of sp³-hybridized carbons (Fsp3) is 1.00. The Kier molecular flexibility index (Phi) is 7.44. The maximum atomic E-state index is 8.50. The number of alkyl halides is 1. The average Bonchev–Trinajstić information content (AvgIpc) is 3.06. The van der Waals surface area contributed by atoms with E-state index in [1.807, 2.05) is 0 Å². The van der Waals surface area contributed by atoms with Crippen molar-refractivity contribution in [3.05, 3.63) is 0 Å². The molecule has 0 aromatic heterocycles. The minimum atomic E-state index is -1.11. The van der Waals surface area contributed by atoms with Crippen molar-refractivity contribution in [3.8, 4) is 0 Å². The Balaban J connectivity index is 0.000000280. The van der Waals surface area contributed by atoms with Crippen molar-refractivity contribution in [1.82, 2.24) is 0 Å². The molecule has 1 fully saturated rings. The summed E-state index contributed by atoms with van der Waals surface area (Å²) in [5.74, 6) is 0.667. The van der Waals surface area contributed by atoms with Gasteiger partial charge in [-0.15, -0.1) is 11.6 Å². The zero-order valence-electron chi connectivity index (χ0n) is 7.90. The molecule has 0 spiro atoms. The van der Waals surface area contributed by atoms with Crippen LogP contribution in [-0.4, -0.2) is 65.4 Å². The third-order valence-corrected chi connectivity index (χ3v) is 2.26. The predicted molar refractivity (Wildman–Crippen MR) is 51.2 cm³/mol. The molecule has 0 aliphatic carbocycles. The van der Waals surface area contributed by atoms with Gasteiger partial charge in [0.25, 0.3) is 0 Å². The van der Waals surface area contributed by atoms with Crippen molar-refractivity contribution < 1.29 is 25.2 Å². The van der Waals surface area contributed by atoms with Gasteiger partial charge >= 0.3 is 0 Å². The van der Waals surface area contributed by atoms with Gasteiger partial charge in [-0.1, -0.05) is 0 Å². The Morgan fingerprint density at radius 3 is 1.43 bits per heavy atom. The summed E-state index contributed by atoms with van der Waals surface area (Å²) in [7, 11) is 0. The fourth-order valence-corrected chi connectivity index (χ4v) is 0.635. The van der Waals surface area contributed by atoms with Crippen LogP contribution in [0.4, 0.5) is 0 Å². The molecule has 5 nitrogen and oxygen atoms in total. The Morgan fingerprint density at radius 2 is 1.43 bits per heavy atom. The molecule has 0 bridgehead atoms. The highest BCUT2D eigenvalue weighted by Gasteiger charge is 2.26. The van der Waals surface area contributed by atoms with Crippen LogP contribution >= 0.6 is 11.6 Å². The molecule has 0 aromatic rings. The van der Waals surface area contributed by atoms with Crippen LogP contribution in [0.2, 0.25) is 0 Å². The standard InChI is InChI=1S/C5H12O4.C3H5ClO/c6-1-5(2-7,3-8)4-9;4-1-3-2-5-3/h6-9H,1-4H2;3H,1-2H2. The first-order chi connectivity index (χ1) is 6.67. The van der Waals surface area contributed by atoms with Crippen LogP contribution in [0.5, 0.6) is 0 Å². The normalized spacial score (nSPS) is 19.9. The molecule has 1 aliphatic heterocycles. The van der Waals surface area contributed by atoms with Crippen molar-refractivity contribution in [3.63, 3.8) is 0 Å². The van der Waals surface area contributed by atoms with E-state index in [0.717, 1.165) is 6.61 Å². The van der Waals surface area contributed by atoms with Crippen LogP contribution in [0.3, 0.4) is 0 Å². The Hall–Kier alpha value is 0.0900. The summed E-state index contributed by atoms with van der Waals surface area (Å²) in [6, 6.07) is 0. The van der Waals surface area contributed by atoms with Crippen molar-refractivity contribution in [2.24, 2.45) is 5.41 Å². The number of hydrogen-bond donors (Lipinski definition) is 4. The van der Waals surface area contributed by atoms with E-state index in [1.54, 1.807) is 0 Å². The van der Waals surface area contributed by atoms with Crippen LogP contribution < -0.4 is 0 Å². The van der Waals surface area contributed by atoms with Gasteiger partial charge in [-0.2, -0.15) is 0 Å². The molecule has 1 saturated heterocycles. The molecule has 0 radical (unpaired) electrons. The monoisotopic (exact) mass is 228 g/mol. The van der Waals surface area contributed by atoms with Gasteiger partial charge in [0.05, 0.1) is 50.4 Å². The van der Waals surface area contributed by atoms with E-state index in [1.165, 1.54) is 0 Å². The van der Waals surface area contributed by atoms with Gasteiger partial charge in [0.2, 0.25) is 0 Å². The lowest BCUT2D eigenvalue weighted by Gasteiger charge is -2.23. The highest BCUT2D eigenvalue weighted by atomic mass is 35.5. The third kappa shape index (κ3) is 5.09. The molecule has 1 heterocycles. The molecule has 0 saturated carbocycles. The number of aliphatic hydroxyl groups excluding tert-OH is 4. The van der Waals surface area contributed by atoms with E-state index in [0.29, 0.717) is 12.0 Å². The van der Waals surface area contributed by atoms with Crippen LogP contribution in [0.1, 0.15) is 0 Å². The first kappa shape index (κ1) is 14.1. The third-order valence-electron chi connectivity index (χ3n) is 1.92. The summed E-state index contributed by atoms with van der Waals surface area (Å²) in [6.45, 7) is -0.747. The maximum Gasteiger partial charge on any atom is 0.0944 e. The zero-order chi connectivity index (χ0) is 11.0. The highest BCUT2D eigenvalue weighted by molar-refractivity contribution is 6.18. The number of ether oxygens (including phenoxy) is 1. The van der Waals surface area contributed by atoms with Crippen molar-refractivity contribution >= 4 is 11.6 Å². The number of halogens is 1. The van der Waals surface area contributed by atoms with Crippen LogP contribution in [0.25, 0.3) is 0 Å². The van der Waals surface area contributed by atoms with E-state index < -0.39 is 31.8 Å². The molecule has 1 atom stereocenters. The minimum Gasteiger partial charge on any atom is -0.396 e. The lowest BCUT2D eigenvalue weighted by molar-refractivity contribution is -0.0328. The fourth-order valence-electron chi connectivity index (χ4n) is 0.457. The van der Waals surface area contributed by atoms with Crippen molar-refractivity contribution in [1.29, 1.82) is 0 Å². The van der Waals surface area contributed by atoms with Gasteiger partial charge in [0.15, 0.2) is 0 Å². The second-order valence-corrected chi connectivity index (χ2v) is 3.55. The molecule has 6 heteroatoms. The minimum absolute atomic E-state index is 0.400. The highest BCUT2D eigenvalue weighted by Crippen LogP contribution is 2.11. The number of epoxide rings is 1. The number of hydrogen-bond acceptors (Lipinski definition) is 5. The van der Waals surface area contributed by atoms with Crippen LogP contribution in [-0.2, 0) is 4.74 Å². The lowest BCUT2D eigenvalue weighted by atomic mass is 9.93. The molecule has 0 aromatic carbocycles. The predicted octanol–water partition coefficient (Wildman–Crippen LogP) is -1.43. The van der Waals surface area contributed by atoms with Crippen LogP contribution in [0.15, 0.2) is 0 Å². The summed E-state index contributed by atoms with van der Waals surface area (Å²) in [6.07, 6.45) is 0.400. The molecule has 1 aliphatic rings. The van der Waals surface area contributed by atoms with Gasteiger partial charge in [-0.05, 0) is 0 Å². The van der Waals surface area contributed by atoms with Gasteiger partial charge in [-0.25, -0.2) is 0 Å². The molecule has 0 amide bonds. The van der Waals surface area contributed by atoms with E-state index >= 15 is 0 Å². The Morgan fingerprint density at radius 1 is 1.07 bits per heavy atom. The first-order valence-corrected chi connectivity index (χ1v) is 4.82. The van der Waals surface area contributed by atoms with E-state index in [9.17, 15) is 0 Å². The van der Waals surface area contributed by atoms with Gasteiger partial charge in [0, 0.05) is 0 Å². The van der Waals surface area contributed by atoms with Gasteiger partial charge in [0.1, 0.15) is 0 Å². The topological polar surface area (TPSA) is 93.5 Å². The summed E-state index contributed by atoms with van der Waals surface area (Å²) in [4.78, 5) is 0. The molecule has 1 rings (SSSR count). The first-order valence-electron chi connectivity index (χ1n) is 4.29. The van der Waals surface area contributed by atoms with Crippen LogP contribution in [0, 0.1) is 5.41 Å². The molecule has 86 valence electrons. The van der Waals surface area contributed by atoms with Crippen molar-refractivity contribution in [2.75, 3.05) is 38.9 Å². The van der Waals surface area contributed by atoms with E-state index in [4.69, 9.17) is 36.8 Å². The largest absolute Gasteiger partial charge is 0.396 e. The second kappa shape index (κ2) is 7.39. The Labute approximate surface area is 87.9 Å². The van der Waals surface area contributed by atoms with Gasteiger partial charge < -0.3 is 25.2 Å². The second-order valence-electron chi connectivity index (χ2n) is 3.24. The smallest absolute Gasteiger partial charge is 0.0944 e. The molecule has 1 unspecified atom stereocenters. The number of rotatable bonds is 5. The summed E-state index contributed by atoms with van der Waals surface area (Å²) in [5, 5.41) is 34.0. The summed E-state index contributed by atoms with van der Waals surface area (Å²) >= 11 is 5.27. The maximum absolute atomic E-state index is 8.50.